The highest BCUT2D eigenvalue weighted by atomic mass is 19.1. The van der Waals surface area contributed by atoms with Crippen molar-refractivity contribution in [3.63, 3.8) is 0 Å². The molecule has 12 heavy (non-hydrogen) atoms. The van der Waals surface area contributed by atoms with Crippen LogP contribution in [0.25, 0.3) is 0 Å². The van der Waals surface area contributed by atoms with E-state index < -0.39 is 0 Å². The molecular formula is C10H12FN. The van der Waals surface area contributed by atoms with Crippen LogP contribution in [-0.2, 0) is 6.42 Å². The predicted molar refractivity (Wildman–Crippen MR) is 45.5 cm³/mol. The van der Waals surface area contributed by atoms with Gasteiger partial charge in [-0.1, -0.05) is 6.92 Å². The van der Waals surface area contributed by atoms with Crippen LogP contribution in [0.5, 0.6) is 0 Å². The van der Waals surface area contributed by atoms with Gasteiger partial charge < -0.3 is 0 Å². The van der Waals surface area contributed by atoms with Gasteiger partial charge in [-0.2, -0.15) is 0 Å². The van der Waals surface area contributed by atoms with E-state index in [9.17, 15) is 4.39 Å². The first kappa shape index (κ1) is 7.71. The normalized spacial score (nSPS) is 22.0. The Hall–Kier alpha value is -0.920. The highest BCUT2D eigenvalue weighted by Crippen LogP contribution is 2.29. The lowest BCUT2D eigenvalue weighted by Gasteiger charge is -2.20. The Balaban J connectivity index is 2.46. The summed E-state index contributed by atoms with van der Waals surface area (Å²) in [7, 11) is 0. The molecule has 0 unspecified atom stereocenters. The average molecular weight is 165 g/mol. The molecule has 64 valence electrons. The van der Waals surface area contributed by atoms with Crippen LogP contribution in [0, 0.1) is 5.82 Å². The molecule has 1 aliphatic rings. The molecule has 1 atom stereocenters. The molecule has 0 bridgehead atoms. The SMILES string of the molecule is C[C@H]1CCCc2cc(F)cnc21. The Morgan fingerprint density at radius 2 is 2.42 bits per heavy atom. The van der Waals surface area contributed by atoms with Crippen LogP contribution >= 0.6 is 0 Å². The van der Waals surface area contributed by atoms with Gasteiger partial charge in [-0.05, 0) is 36.8 Å². The lowest BCUT2D eigenvalue weighted by atomic mass is 9.88. The van der Waals surface area contributed by atoms with Crippen LogP contribution < -0.4 is 0 Å². The van der Waals surface area contributed by atoms with Gasteiger partial charge in [-0.25, -0.2) is 4.39 Å². The van der Waals surface area contributed by atoms with Crippen molar-refractivity contribution in [2.24, 2.45) is 0 Å². The second-order valence-electron chi connectivity index (χ2n) is 3.49. The van der Waals surface area contributed by atoms with Gasteiger partial charge in [-0.15, -0.1) is 0 Å². The second-order valence-corrected chi connectivity index (χ2v) is 3.49. The Labute approximate surface area is 71.6 Å². The fourth-order valence-corrected chi connectivity index (χ4v) is 1.87. The molecule has 1 aromatic rings. The summed E-state index contributed by atoms with van der Waals surface area (Å²) in [5.74, 6) is 0.303. The van der Waals surface area contributed by atoms with Gasteiger partial charge >= 0.3 is 0 Å². The van der Waals surface area contributed by atoms with E-state index in [4.69, 9.17) is 0 Å². The van der Waals surface area contributed by atoms with Crippen molar-refractivity contribution in [1.29, 1.82) is 0 Å². The molecule has 0 N–H and O–H groups in total. The largest absolute Gasteiger partial charge is 0.258 e. The smallest absolute Gasteiger partial charge is 0.141 e. The van der Waals surface area contributed by atoms with Gasteiger partial charge in [0.25, 0.3) is 0 Å². The highest BCUT2D eigenvalue weighted by molar-refractivity contribution is 5.25. The Morgan fingerprint density at radius 3 is 3.25 bits per heavy atom. The van der Waals surface area contributed by atoms with Crippen LogP contribution in [0.4, 0.5) is 4.39 Å². The molecule has 1 nitrogen and oxygen atoms in total. The minimum Gasteiger partial charge on any atom is -0.258 e. The molecule has 0 amide bonds. The number of halogens is 1. The number of aromatic nitrogens is 1. The monoisotopic (exact) mass is 165 g/mol. The lowest BCUT2D eigenvalue weighted by molar-refractivity contribution is 0.555. The molecule has 2 rings (SSSR count). The van der Waals surface area contributed by atoms with E-state index in [0.717, 1.165) is 17.7 Å². The second kappa shape index (κ2) is 2.85. The van der Waals surface area contributed by atoms with Crippen LogP contribution in [-0.4, -0.2) is 4.98 Å². The first-order valence-electron chi connectivity index (χ1n) is 4.41. The standard InChI is InChI=1S/C10H12FN/c1-7-3-2-4-8-5-9(11)6-12-10(7)8/h5-7H,2-4H2,1H3/t7-/m0/s1. The summed E-state index contributed by atoms with van der Waals surface area (Å²) in [6, 6.07) is 1.62. The van der Waals surface area contributed by atoms with Gasteiger partial charge in [0.05, 0.1) is 6.20 Å². The molecule has 0 radical (unpaired) electrons. The maximum Gasteiger partial charge on any atom is 0.141 e. The molecule has 0 fully saturated rings. The summed E-state index contributed by atoms with van der Waals surface area (Å²) in [6.07, 6.45) is 4.66. The maximum absolute atomic E-state index is 12.8. The van der Waals surface area contributed by atoms with E-state index in [1.165, 1.54) is 19.0 Å². The van der Waals surface area contributed by atoms with Crippen LogP contribution in [0.1, 0.15) is 36.9 Å². The van der Waals surface area contributed by atoms with Crippen LogP contribution in [0.3, 0.4) is 0 Å². The number of rotatable bonds is 0. The summed E-state index contributed by atoms with van der Waals surface area (Å²) in [4.78, 5) is 4.12. The Bertz CT molecular complexity index is 296. The third kappa shape index (κ3) is 1.22. The molecule has 0 aromatic carbocycles. The summed E-state index contributed by atoms with van der Waals surface area (Å²) in [6.45, 7) is 2.16. The van der Waals surface area contributed by atoms with Crippen molar-refractivity contribution in [3.8, 4) is 0 Å². The maximum atomic E-state index is 12.8. The zero-order chi connectivity index (χ0) is 8.55. The molecule has 0 saturated carbocycles. The van der Waals surface area contributed by atoms with E-state index in [1.807, 2.05) is 0 Å². The quantitative estimate of drug-likeness (QED) is 0.576. The van der Waals surface area contributed by atoms with Crippen molar-refractivity contribution >= 4 is 0 Å². The minimum atomic E-state index is -0.206. The first-order chi connectivity index (χ1) is 5.77. The van der Waals surface area contributed by atoms with Gasteiger partial charge in [0.1, 0.15) is 5.82 Å². The fourth-order valence-electron chi connectivity index (χ4n) is 1.87. The summed E-state index contributed by atoms with van der Waals surface area (Å²) in [5.41, 5.74) is 2.20. The van der Waals surface area contributed by atoms with Crippen molar-refractivity contribution in [1.82, 2.24) is 4.98 Å². The third-order valence-corrected chi connectivity index (χ3v) is 2.52. The van der Waals surface area contributed by atoms with Crippen molar-refractivity contribution < 1.29 is 4.39 Å². The highest BCUT2D eigenvalue weighted by Gasteiger charge is 2.17. The predicted octanol–water partition coefficient (Wildman–Crippen LogP) is 2.66. The van der Waals surface area contributed by atoms with Crippen molar-refractivity contribution in [3.05, 3.63) is 29.3 Å². The van der Waals surface area contributed by atoms with E-state index in [2.05, 4.69) is 11.9 Å². The first-order valence-corrected chi connectivity index (χ1v) is 4.41. The summed E-state index contributed by atoms with van der Waals surface area (Å²) < 4.78 is 12.8. The molecule has 2 heteroatoms. The van der Waals surface area contributed by atoms with Gasteiger partial charge in [0.15, 0.2) is 0 Å². The summed E-state index contributed by atoms with van der Waals surface area (Å²) >= 11 is 0. The molecule has 1 aromatic heterocycles. The Morgan fingerprint density at radius 1 is 1.58 bits per heavy atom. The molecule has 0 aliphatic heterocycles. The van der Waals surface area contributed by atoms with Crippen molar-refractivity contribution in [2.45, 2.75) is 32.1 Å². The van der Waals surface area contributed by atoms with Gasteiger partial charge in [0.2, 0.25) is 0 Å². The van der Waals surface area contributed by atoms with E-state index in [0.29, 0.717) is 5.92 Å². The number of fused-ring (bicyclic) bond motifs is 1. The topological polar surface area (TPSA) is 12.9 Å². The molecule has 0 spiro atoms. The van der Waals surface area contributed by atoms with E-state index in [-0.39, 0.29) is 5.82 Å². The van der Waals surface area contributed by atoms with Crippen LogP contribution in [0.15, 0.2) is 12.3 Å². The molecule has 1 aliphatic carbocycles. The number of pyridine rings is 1. The number of aryl methyl sites for hydroxylation is 1. The zero-order valence-corrected chi connectivity index (χ0v) is 7.18. The third-order valence-electron chi connectivity index (χ3n) is 2.52. The van der Waals surface area contributed by atoms with E-state index in [1.54, 1.807) is 6.07 Å². The van der Waals surface area contributed by atoms with Gasteiger partial charge in [0, 0.05) is 5.69 Å². The minimum absolute atomic E-state index is 0.206. The van der Waals surface area contributed by atoms with E-state index >= 15 is 0 Å². The fraction of sp³-hybridized carbons (Fsp3) is 0.500. The summed E-state index contributed by atoms with van der Waals surface area (Å²) in [5, 5.41) is 0. The molecule has 1 heterocycles. The number of hydrogen-bond acceptors (Lipinski definition) is 1. The average Bonchev–Trinajstić information content (AvgIpc) is 2.04. The van der Waals surface area contributed by atoms with Gasteiger partial charge in [-0.3, -0.25) is 4.98 Å². The number of nitrogens with zero attached hydrogens (tertiary/aromatic N) is 1. The zero-order valence-electron chi connectivity index (χ0n) is 7.18. The number of hydrogen-bond donors (Lipinski definition) is 0. The Kier molecular flexibility index (Phi) is 1.83. The lowest BCUT2D eigenvalue weighted by Crippen LogP contribution is -2.09. The van der Waals surface area contributed by atoms with Crippen LogP contribution in [0.2, 0.25) is 0 Å². The molecular weight excluding hydrogens is 153 g/mol. The molecule has 0 saturated heterocycles. The van der Waals surface area contributed by atoms with Crippen molar-refractivity contribution in [2.75, 3.05) is 0 Å².